The van der Waals surface area contributed by atoms with Gasteiger partial charge in [-0.25, -0.2) is 8.78 Å². The monoisotopic (exact) mass is 393 g/mol. The summed E-state index contributed by atoms with van der Waals surface area (Å²) in [7, 11) is 1.52. The Morgan fingerprint density at radius 3 is 2.46 bits per heavy atom. The number of hydrogen-bond donors (Lipinski definition) is 2. The maximum absolute atomic E-state index is 13.9. The first kappa shape index (κ1) is 21.5. The van der Waals surface area contributed by atoms with Crippen LogP contribution in [-0.4, -0.2) is 37.3 Å². The lowest BCUT2D eigenvalue weighted by Crippen LogP contribution is -2.30. The lowest BCUT2D eigenvalue weighted by molar-refractivity contribution is -0.137. The summed E-state index contributed by atoms with van der Waals surface area (Å²) in [5.41, 5.74) is 0.798. The van der Waals surface area contributed by atoms with E-state index in [1.165, 1.54) is 43.5 Å². The minimum Gasteiger partial charge on any atom is -0.481 e. The smallest absolute Gasteiger partial charge is 0.305 e. The first-order valence-electron chi connectivity index (χ1n) is 8.54. The van der Waals surface area contributed by atoms with Crippen LogP contribution >= 0.6 is 0 Å². The van der Waals surface area contributed by atoms with Crippen molar-refractivity contribution in [1.82, 2.24) is 5.32 Å². The van der Waals surface area contributed by atoms with E-state index in [4.69, 9.17) is 14.6 Å². The summed E-state index contributed by atoms with van der Waals surface area (Å²) in [6.07, 6.45) is -0.383. The Hall–Kier alpha value is -2.84. The van der Waals surface area contributed by atoms with Crippen LogP contribution < -0.4 is 5.32 Å². The predicted molar refractivity (Wildman–Crippen MR) is 96.8 cm³/mol. The standard InChI is InChI=1S/C20H21F2NO5/c1-27-8-9-28-12-15-10-14(4-7-17(15)22)20(26)23-18(11-19(24)25)13-2-5-16(21)6-3-13/h2-7,10,18H,8-9,11-12H2,1H3,(H,23,26)(H,24,25). The van der Waals surface area contributed by atoms with Crippen LogP contribution in [0.15, 0.2) is 42.5 Å². The average molecular weight is 393 g/mol. The van der Waals surface area contributed by atoms with Crippen LogP contribution in [0.2, 0.25) is 0 Å². The van der Waals surface area contributed by atoms with Gasteiger partial charge in [-0.1, -0.05) is 12.1 Å². The molecule has 28 heavy (non-hydrogen) atoms. The molecule has 0 saturated heterocycles. The molecule has 0 fully saturated rings. The van der Waals surface area contributed by atoms with Crippen molar-refractivity contribution in [2.45, 2.75) is 19.1 Å². The number of carbonyl (C=O) groups is 2. The number of methoxy groups -OCH3 is 1. The highest BCUT2D eigenvalue weighted by Crippen LogP contribution is 2.19. The number of rotatable bonds is 10. The van der Waals surface area contributed by atoms with E-state index >= 15 is 0 Å². The van der Waals surface area contributed by atoms with E-state index in [1.807, 2.05) is 0 Å². The normalized spacial score (nSPS) is 11.8. The van der Waals surface area contributed by atoms with Crippen LogP contribution in [0, 0.1) is 11.6 Å². The molecule has 1 atom stereocenters. The van der Waals surface area contributed by atoms with E-state index in [9.17, 15) is 18.4 Å². The number of benzene rings is 2. The van der Waals surface area contributed by atoms with Gasteiger partial charge in [0.25, 0.3) is 5.91 Å². The zero-order valence-corrected chi connectivity index (χ0v) is 15.3. The van der Waals surface area contributed by atoms with Gasteiger partial charge in [0.15, 0.2) is 0 Å². The van der Waals surface area contributed by atoms with Crippen molar-refractivity contribution >= 4 is 11.9 Å². The third-order valence-corrected chi connectivity index (χ3v) is 3.95. The molecule has 2 aromatic rings. The summed E-state index contributed by atoms with van der Waals surface area (Å²) in [5.74, 6) is -2.69. The summed E-state index contributed by atoms with van der Waals surface area (Å²) in [5, 5.41) is 11.7. The van der Waals surface area contributed by atoms with Gasteiger partial charge in [0.2, 0.25) is 0 Å². The fourth-order valence-electron chi connectivity index (χ4n) is 2.51. The van der Waals surface area contributed by atoms with Gasteiger partial charge in [-0.2, -0.15) is 0 Å². The molecule has 8 heteroatoms. The van der Waals surface area contributed by atoms with Gasteiger partial charge in [-0.15, -0.1) is 0 Å². The van der Waals surface area contributed by atoms with Crippen molar-refractivity contribution in [3.8, 4) is 0 Å². The first-order valence-corrected chi connectivity index (χ1v) is 8.54. The van der Waals surface area contributed by atoms with E-state index in [2.05, 4.69) is 5.32 Å². The second-order valence-corrected chi connectivity index (χ2v) is 6.03. The van der Waals surface area contributed by atoms with Gasteiger partial charge in [0, 0.05) is 18.2 Å². The minimum absolute atomic E-state index is 0.0349. The number of aliphatic carboxylic acids is 1. The molecule has 0 aromatic heterocycles. The third-order valence-electron chi connectivity index (χ3n) is 3.95. The van der Waals surface area contributed by atoms with Crippen molar-refractivity contribution in [3.63, 3.8) is 0 Å². The number of hydrogen-bond acceptors (Lipinski definition) is 4. The highest BCUT2D eigenvalue weighted by Gasteiger charge is 2.20. The summed E-state index contributed by atoms with van der Waals surface area (Å²) < 4.78 is 37.2. The van der Waals surface area contributed by atoms with Gasteiger partial charge in [0.1, 0.15) is 11.6 Å². The Kier molecular flexibility index (Phi) is 8.03. The van der Waals surface area contributed by atoms with Crippen LogP contribution in [0.1, 0.15) is 33.9 Å². The number of carboxylic acid groups (broad SMARTS) is 1. The lowest BCUT2D eigenvalue weighted by Gasteiger charge is -2.18. The molecular formula is C20H21F2NO5. The molecular weight excluding hydrogens is 372 g/mol. The van der Waals surface area contributed by atoms with Crippen LogP contribution in [0.3, 0.4) is 0 Å². The number of nitrogens with one attached hydrogen (secondary N) is 1. The highest BCUT2D eigenvalue weighted by atomic mass is 19.1. The largest absolute Gasteiger partial charge is 0.481 e. The number of amides is 1. The molecule has 0 heterocycles. The summed E-state index contributed by atoms with van der Waals surface area (Å²) in [4.78, 5) is 23.7. The molecule has 0 saturated carbocycles. The highest BCUT2D eigenvalue weighted by molar-refractivity contribution is 5.94. The predicted octanol–water partition coefficient (Wildman–Crippen LogP) is 3.07. The molecule has 2 rings (SSSR count). The van der Waals surface area contributed by atoms with E-state index in [0.29, 0.717) is 12.2 Å². The topological polar surface area (TPSA) is 84.9 Å². The Morgan fingerprint density at radius 1 is 1.11 bits per heavy atom. The summed E-state index contributed by atoms with van der Waals surface area (Å²) in [6, 6.07) is 8.11. The molecule has 0 aliphatic carbocycles. The van der Waals surface area contributed by atoms with E-state index < -0.39 is 29.6 Å². The molecule has 150 valence electrons. The van der Waals surface area contributed by atoms with Gasteiger partial charge >= 0.3 is 5.97 Å². The molecule has 6 nitrogen and oxygen atoms in total. The van der Waals surface area contributed by atoms with Crippen LogP contribution in [0.25, 0.3) is 0 Å². The molecule has 0 aliphatic heterocycles. The van der Waals surface area contributed by atoms with E-state index in [-0.39, 0.29) is 30.8 Å². The Balaban J connectivity index is 2.13. The number of carbonyl (C=O) groups excluding carboxylic acids is 1. The molecule has 1 amide bonds. The first-order chi connectivity index (χ1) is 13.4. The van der Waals surface area contributed by atoms with Gasteiger partial charge < -0.3 is 19.9 Å². The Bertz CT molecular complexity index is 811. The van der Waals surface area contributed by atoms with Gasteiger partial charge in [0.05, 0.1) is 32.3 Å². The second kappa shape index (κ2) is 10.5. The fourth-order valence-corrected chi connectivity index (χ4v) is 2.51. The fraction of sp³-hybridized carbons (Fsp3) is 0.300. The van der Waals surface area contributed by atoms with Crippen molar-refractivity contribution in [2.24, 2.45) is 0 Å². The van der Waals surface area contributed by atoms with Crippen molar-refractivity contribution in [2.75, 3.05) is 20.3 Å². The molecule has 0 spiro atoms. The number of halogens is 2. The van der Waals surface area contributed by atoms with Crippen LogP contribution in [-0.2, 0) is 20.9 Å². The number of ether oxygens (including phenoxy) is 2. The molecule has 2 N–H and O–H groups in total. The lowest BCUT2D eigenvalue weighted by atomic mass is 10.0. The Morgan fingerprint density at radius 2 is 1.82 bits per heavy atom. The van der Waals surface area contributed by atoms with Crippen molar-refractivity contribution in [1.29, 1.82) is 0 Å². The maximum Gasteiger partial charge on any atom is 0.305 e. The summed E-state index contributed by atoms with van der Waals surface area (Å²) in [6.45, 7) is 0.598. The van der Waals surface area contributed by atoms with Crippen LogP contribution in [0.4, 0.5) is 8.78 Å². The zero-order valence-electron chi connectivity index (χ0n) is 15.3. The second-order valence-electron chi connectivity index (χ2n) is 6.03. The van der Waals surface area contributed by atoms with Crippen molar-refractivity contribution in [3.05, 3.63) is 70.8 Å². The average Bonchev–Trinajstić information content (AvgIpc) is 2.66. The zero-order chi connectivity index (χ0) is 20.5. The summed E-state index contributed by atoms with van der Waals surface area (Å²) >= 11 is 0. The molecule has 0 radical (unpaired) electrons. The molecule has 2 aromatic carbocycles. The van der Waals surface area contributed by atoms with E-state index in [1.54, 1.807) is 0 Å². The van der Waals surface area contributed by atoms with E-state index in [0.717, 1.165) is 6.07 Å². The van der Waals surface area contributed by atoms with Gasteiger partial charge in [-0.3, -0.25) is 9.59 Å². The van der Waals surface area contributed by atoms with Gasteiger partial charge in [-0.05, 0) is 35.9 Å². The third kappa shape index (κ3) is 6.40. The molecule has 0 aliphatic rings. The Labute approximate surface area is 161 Å². The minimum atomic E-state index is -1.12. The maximum atomic E-state index is 13.9. The molecule has 1 unspecified atom stereocenters. The van der Waals surface area contributed by atoms with Crippen molar-refractivity contribution < 1.29 is 33.0 Å². The quantitative estimate of drug-likeness (QED) is 0.606. The number of carboxylic acids is 1. The molecule has 0 bridgehead atoms. The van der Waals surface area contributed by atoms with Crippen LogP contribution in [0.5, 0.6) is 0 Å². The SMILES string of the molecule is COCCOCc1cc(C(=O)NC(CC(=O)O)c2ccc(F)cc2)ccc1F.